The largest absolute Gasteiger partial charge is 0.476 e. The highest BCUT2D eigenvalue weighted by molar-refractivity contribution is 5.34. The molecule has 0 saturated carbocycles. The molecule has 1 aromatic heterocycles. The number of hydrogen-bond acceptors (Lipinski definition) is 3. The zero-order valence-electron chi connectivity index (χ0n) is 9.68. The number of hydrogen-bond donors (Lipinski definition) is 1. The Morgan fingerprint density at radius 1 is 1.31 bits per heavy atom. The summed E-state index contributed by atoms with van der Waals surface area (Å²) in [6.45, 7) is 6.44. The maximum absolute atomic E-state index is 13.2. The lowest BCUT2D eigenvalue weighted by Crippen LogP contribution is -2.12. The molecule has 2 N–H and O–H groups in total. The second-order valence-corrected chi connectivity index (χ2v) is 4.80. The van der Waals surface area contributed by atoms with E-state index >= 15 is 0 Å². The van der Waals surface area contributed by atoms with E-state index in [0.29, 0.717) is 12.7 Å². The average Bonchev–Trinajstić information content (AvgIpc) is 2.11. The summed E-state index contributed by atoms with van der Waals surface area (Å²) in [5.74, 6) is -2.31. The Morgan fingerprint density at radius 2 is 1.94 bits per heavy atom. The van der Waals surface area contributed by atoms with Crippen LogP contribution >= 0.6 is 0 Å². The summed E-state index contributed by atoms with van der Waals surface area (Å²) in [5, 5.41) is 0. The number of halogens is 2. The van der Waals surface area contributed by atoms with Gasteiger partial charge in [-0.05, 0) is 11.8 Å². The van der Waals surface area contributed by atoms with Crippen LogP contribution in [0.2, 0.25) is 0 Å². The van der Waals surface area contributed by atoms with Crippen LogP contribution in [-0.2, 0) is 0 Å². The molecule has 0 aliphatic rings. The van der Waals surface area contributed by atoms with Crippen LogP contribution in [0.25, 0.3) is 0 Å². The predicted molar refractivity (Wildman–Crippen MR) is 58.1 cm³/mol. The van der Waals surface area contributed by atoms with Crippen LogP contribution in [0.15, 0.2) is 6.07 Å². The van der Waals surface area contributed by atoms with Crippen molar-refractivity contribution in [2.45, 2.75) is 27.2 Å². The number of nitrogen functional groups attached to an aromatic ring is 1. The quantitative estimate of drug-likeness (QED) is 0.868. The molecular formula is C11H16F2N2O. The Morgan fingerprint density at radius 3 is 2.50 bits per heavy atom. The topological polar surface area (TPSA) is 48.1 Å². The molecule has 0 aromatic carbocycles. The lowest BCUT2D eigenvalue weighted by Gasteiger charge is -2.17. The molecule has 0 fully saturated rings. The van der Waals surface area contributed by atoms with Crippen LogP contribution in [-0.4, -0.2) is 11.6 Å². The number of anilines is 1. The number of nitrogens with two attached hydrogens (primary N) is 1. The van der Waals surface area contributed by atoms with Gasteiger partial charge in [-0.1, -0.05) is 20.8 Å². The van der Waals surface area contributed by atoms with Crippen molar-refractivity contribution in [1.29, 1.82) is 0 Å². The van der Waals surface area contributed by atoms with Crippen molar-refractivity contribution in [3.63, 3.8) is 0 Å². The number of ether oxygens (including phenoxy) is 1. The summed E-state index contributed by atoms with van der Waals surface area (Å²) in [7, 11) is 0. The van der Waals surface area contributed by atoms with Crippen molar-refractivity contribution in [2.75, 3.05) is 12.3 Å². The summed E-state index contributed by atoms with van der Waals surface area (Å²) in [5.41, 5.74) is 5.30. The van der Waals surface area contributed by atoms with E-state index in [1.807, 2.05) is 20.8 Å². The molecule has 16 heavy (non-hydrogen) atoms. The third kappa shape index (κ3) is 3.64. The van der Waals surface area contributed by atoms with Crippen LogP contribution in [0.4, 0.5) is 14.6 Å². The SMILES string of the molecule is CC(C)(C)CCOc1nc(N)c(F)cc1F. The van der Waals surface area contributed by atoms with Crippen molar-refractivity contribution >= 4 is 5.82 Å². The standard InChI is InChI=1S/C11H16F2N2O/c1-11(2,3)4-5-16-10-8(13)6-7(12)9(14)15-10/h6H,4-5H2,1-3H3,(H2,14,15). The third-order valence-corrected chi connectivity index (χ3v) is 2.02. The fourth-order valence-corrected chi connectivity index (χ4v) is 1.02. The van der Waals surface area contributed by atoms with E-state index in [-0.39, 0.29) is 17.1 Å². The highest BCUT2D eigenvalue weighted by atomic mass is 19.1. The summed E-state index contributed by atoms with van der Waals surface area (Å²) >= 11 is 0. The van der Waals surface area contributed by atoms with Crippen LogP contribution < -0.4 is 10.5 Å². The first-order valence-corrected chi connectivity index (χ1v) is 5.04. The van der Waals surface area contributed by atoms with Gasteiger partial charge in [0.15, 0.2) is 17.5 Å². The maximum atomic E-state index is 13.2. The van der Waals surface area contributed by atoms with Crippen molar-refractivity contribution in [1.82, 2.24) is 4.98 Å². The smallest absolute Gasteiger partial charge is 0.252 e. The first-order valence-electron chi connectivity index (χ1n) is 5.04. The molecule has 1 rings (SSSR count). The van der Waals surface area contributed by atoms with Gasteiger partial charge in [0.05, 0.1) is 6.61 Å². The van der Waals surface area contributed by atoms with E-state index in [1.54, 1.807) is 0 Å². The van der Waals surface area contributed by atoms with Gasteiger partial charge in [-0.15, -0.1) is 0 Å². The zero-order valence-corrected chi connectivity index (χ0v) is 9.68. The number of rotatable bonds is 3. The lowest BCUT2D eigenvalue weighted by molar-refractivity contribution is 0.227. The van der Waals surface area contributed by atoms with E-state index in [2.05, 4.69) is 4.98 Å². The van der Waals surface area contributed by atoms with Gasteiger partial charge in [0.1, 0.15) is 0 Å². The van der Waals surface area contributed by atoms with E-state index in [4.69, 9.17) is 10.5 Å². The minimum Gasteiger partial charge on any atom is -0.476 e. The second kappa shape index (κ2) is 4.63. The van der Waals surface area contributed by atoms with Crippen LogP contribution in [0, 0.1) is 17.0 Å². The predicted octanol–water partition coefficient (Wildman–Crippen LogP) is 2.76. The summed E-state index contributed by atoms with van der Waals surface area (Å²) < 4.78 is 31.1. The molecule has 3 nitrogen and oxygen atoms in total. The fraction of sp³-hybridized carbons (Fsp3) is 0.545. The Kier molecular flexibility index (Phi) is 3.67. The summed E-state index contributed by atoms with van der Waals surface area (Å²) in [6, 6.07) is 0.675. The highest BCUT2D eigenvalue weighted by Crippen LogP contribution is 2.21. The third-order valence-electron chi connectivity index (χ3n) is 2.02. The monoisotopic (exact) mass is 230 g/mol. The molecule has 0 aliphatic carbocycles. The number of aromatic nitrogens is 1. The first-order chi connectivity index (χ1) is 7.29. The average molecular weight is 230 g/mol. The van der Waals surface area contributed by atoms with E-state index in [1.165, 1.54) is 0 Å². The second-order valence-electron chi connectivity index (χ2n) is 4.80. The maximum Gasteiger partial charge on any atom is 0.252 e. The van der Waals surface area contributed by atoms with Gasteiger partial charge < -0.3 is 10.5 Å². The Labute approximate surface area is 93.6 Å². The van der Waals surface area contributed by atoms with Gasteiger partial charge >= 0.3 is 0 Å². The van der Waals surface area contributed by atoms with Crippen LogP contribution in [0.1, 0.15) is 27.2 Å². The molecule has 0 atom stereocenters. The number of pyridine rings is 1. The Balaban J connectivity index is 2.64. The molecule has 0 radical (unpaired) electrons. The van der Waals surface area contributed by atoms with Crippen molar-refractivity contribution in [2.24, 2.45) is 5.41 Å². The first kappa shape index (κ1) is 12.7. The van der Waals surface area contributed by atoms with Crippen LogP contribution in [0.3, 0.4) is 0 Å². The normalized spacial score (nSPS) is 11.6. The van der Waals surface area contributed by atoms with Gasteiger partial charge in [-0.2, -0.15) is 4.98 Å². The molecule has 90 valence electrons. The zero-order chi connectivity index (χ0) is 12.3. The van der Waals surface area contributed by atoms with Crippen LogP contribution in [0.5, 0.6) is 5.88 Å². The molecule has 0 bridgehead atoms. The van der Waals surface area contributed by atoms with E-state index < -0.39 is 11.6 Å². The summed E-state index contributed by atoms with van der Waals surface area (Å²) in [6.07, 6.45) is 0.741. The van der Waals surface area contributed by atoms with Crippen molar-refractivity contribution in [3.8, 4) is 5.88 Å². The minimum absolute atomic E-state index is 0.0854. The van der Waals surface area contributed by atoms with Gasteiger partial charge in [0.2, 0.25) is 0 Å². The summed E-state index contributed by atoms with van der Waals surface area (Å²) in [4.78, 5) is 3.50. The lowest BCUT2D eigenvalue weighted by atomic mass is 9.93. The van der Waals surface area contributed by atoms with E-state index in [9.17, 15) is 8.78 Å². The molecule has 1 heterocycles. The van der Waals surface area contributed by atoms with Gasteiger partial charge in [0.25, 0.3) is 5.88 Å². The van der Waals surface area contributed by atoms with E-state index in [0.717, 1.165) is 6.42 Å². The Bertz CT molecular complexity index is 375. The Hall–Kier alpha value is -1.39. The molecule has 0 aliphatic heterocycles. The van der Waals surface area contributed by atoms with Gasteiger partial charge in [-0.25, -0.2) is 8.78 Å². The van der Waals surface area contributed by atoms with Gasteiger partial charge in [0, 0.05) is 6.07 Å². The molecule has 1 aromatic rings. The molecule has 0 unspecified atom stereocenters. The molecule has 0 amide bonds. The molecule has 0 spiro atoms. The fourth-order valence-electron chi connectivity index (χ4n) is 1.02. The van der Waals surface area contributed by atoms with Crippen molar-refractivity contribution in [3.05, 3.63) is 17.7 Å². The van der Waals surface area contributed by atoms with Gasteiger partial charge in [-0.3, -0.25) is 0 Å². The molecular weight excluding hydrogens is 214 g/mol. The minimum atomic E-state index is -0.874. The number of nitrogens with zero attached hydrogens (tertiary/aromatic N) is 1. The molecule has 0 saturated heterocycles. The highest BCUT2D eigenvalue weighted by Gasteiger charge is 2.13. The molecule has 5 heteroatoms. The van der Waals surface area contributed by atoms with Crippen molar-refractivity contribution < 1.29 is 13.5 Å².